The van der Waals surface area contributed by atoms with Crippen molar-refractivity contribution in [3.8, 4) is 0 Å². The number of ketones is 1. The highest BCUT2D eigenvalue weighted by molar-refractivity contribution is 6.31. The minimum Gasteiger partial charge on any atom is -0.398 e. The number of rotatable bonds is 3. The Balaban J connectivity index is 2.34. The van der Waals surface area contributed by atoms with E-state index in [-0.39, 0.29) is 22.8 Å². The molecule has 2 nitrogen and oxygen atoms in total. The van der Waals surface area contributed by atoms with E-state index < -0.39 is 5.82 Å². The maximum absolute atomic E-state index is 13.6. The Morgan fingerprint density at radius 3 is 2.63 bits per heavy atom. The fourth-order valence-corrected chi connectivity index (χ4v) is 2.14. The number of carbonyl (C=O) groups excluding carboxylic acids is 1. The van der Waals surface area contributed by atoms with Crippen molar-refractivity contribution in [1.29, 1.82) is 0 Å². The van der Waals surface area contributed by atoms with Crippen LogP contribution >= 0.6 is 11.6 Å². The number of nitrogens with two attached hydrogens (primary N) is 1. The van der Waals surface area contributed by atoms with Crippen molar-refractivity contribution in [1.82, 2.24) is 0 Å². The molecule has 0 radical (unpaired) electrons. The molecule has 0 aliphatic carbocycles. The highest BCUT2D eigenvalue weighted by Crippen LogP contribution is 2.23. The number of Topliss-reactive ketones (excluding diaryl/α,β-unsaturated/α-hetero) is 1. The topological polar surface area (TPSA) is 43.1 Å². The number of anilines is 1. The normalized spacial score (nSPS) is 10.5. The molecule has 98 valence electrons. The standard InChI is InChI=1S/C15H13ClFNO/c1-9-10(4-2-7-14(9)18)15(19)8-11-12(16)5-3-6-13(11)17/h2-7H,8,18H2,1H3. The van der Waals surface area contributed by atoms with Crippen molar-refractivity contribution in [2.24, 2.45) is 0 Å². The molecule has 19 heavy (non-hydrogen) atoms. The summed E-state index contributed by atoms with van der Waals surface area (Å²) in [5.41, 5.74) is 7.73. The summed E-state index contributed by atoms with van der Waals surface area (Å²) in [4.78, 5) is 12.2. The maximum atomic E-state index is 13.6. The predicted molar refractivity (Wildman–Crippen MR) is 75.0 cm³/mol. The summed E-state index contributed by atoms with van der Waals surface area (Å²) >= 11 is 5.92. The zero-order chi connectivity index (χ0) is 14.0. The van der Waals surface area contributed by atoms with Crippen LogP contribution in [0.5, 0.6) is 0 Å². The van der Waals surface area contributed by atoms with Crippen molar-refractivity contribution in [3.63, 3.8) is 0 Å². The maximum Gasteiger partial charge on any atom is 0.167 e. The lowest BCUT2D eigenvalue weighted by molar-refractivity contribution is 0.0991. The molecule has 2 aromatic carbocycles. The number of nitrogen functional groups attached to an aromatic ring is 1. The van der Waals surface area contributed by atoms with Gasteiger partial charge in [-0.15, -0.1) is 0 Å². The molecule has 0 aromatic heterocycles. The minimum absolute atomic E-state index is 0.0736. The lowest BCUT2D eigenvalue weighted by Gasteiger charge is -2.09. The Bertz CT molecular complexity index is 620. The van der Waals surface area contributed by atoms with Crippen LogP contribution in [0.4, 0.5) is 10.1 Å². The van der Waals surface area contributed by atoms with Gasteiger partial charge in [0.15, 0.2) is 5.78 Å². The summed E-state index contributed by atoms with van der Waals surface area (Å²) in [5, 5.41) is 0.259. The highest BCUT2D eigenvalue weighted by atomic mass is 35.5. The first-order chi connectivity index (χ1) is 9.00. The monoisotopic (exact) mass is 277 g/mol. The summed E-state index contributed by atoms with van der Waals surface area (Å²) in [5.74, 6) is -0.667. The summed E-state index contributed by atoms with van der Waals surface area (Å²) in [6.45, 7) is 1.77. The third kappa shape index (κ3) is 2.76. The Hall–Kier alpha value is -1.87. The van der Waals surface area contributed by atoms with Crippen molar-refractivity contribution >= 4 is 23.1 Å². The second kappa shape index (κ2) is 5.41. The molecule has 0 saturated heterocycles. The Morgan fingerprint density at radius 2 is 1.95 bits per heavy atom. The summed E-state index contributed by atoms with van der Waals surface area (Å²) in [6.07, 6.45) is -0.0736. The van der Waals surface area contributed by atoms with Gasteiger partial charge >= 0.3 is 0 Å². The quantitative estimate of drug-likeness (QED) is 0.685. The van der Waals surface area contributed by atoms with E-state index in [1.54, 1.807) is 31.2 Å². The first-order valence-corrected chi connectivity index (χ1v) is 6.19. The average molecular weight is 278 g/mol. The summed E-state index contributed by atoms with van der Waals surface area (Å²) in [7, 11) is 0. The van der Waals surface area contributed by atoms with Gasteiger partial charge in [0.1, 0.15) is 5.82 Å². The molecule has 4 heteroatoms. The van der Waals surface area contributed by atoms with E-state index in [0.717, 1.165) is 0 Å². The van der Waals surface area contributed by atoms with Gasteiger partial charge in [-0.05, 0) is 30.7 Å². The first-order valence-electron chi connectivity index (χ1n) is 5.82. The molecule has 0 heterocycles. The van der Waals surface area contributed by atoms with E-state index in [9.17, 15) is 9.18 Å². The Kier molecular flexibility index (Phi) is 3.86. The van der Waals surface area contributed by atoms with Gasteiger partial charge in [0.2, 0.25) is 0 Å². The van der Waals surface area contributed by atoms with Crippen LogP contribution in [0, 0.1) is 12.7 Å². The molecule has 0 aliphatic heterocycles. The summed E-state index contributed by atoms with van der Waals surface area (Å²) in [6, 6.07) is 9.49. The number of halogens is 2. The van der Waals surface area contributed by atoms with Gasteiger partial charge in [0.25, 0.3) is 0 Å². The molecule has 0 unspecified atom stereocenters. The van der Waals surface area contributed by atoms with E-state index in [4.69, 9.17) is 17.3 Å². The van der Waals surface area contributed by atoms with Crippen LogP contribution < -0.4 is 5.73 Å². The average Bonchev–Trinajstić information content (AvgIpc) is 2.37. The molecular weight excluding hydrogens is 265 g/mol. The third-order valence-corrected chi connectivity index (χ3v) is 3.43. The lowest BCUT2D eigenvalue weighted by Crippen LogP contribution is -2.08. The van der Waals surface area contributed by atoms with Crippen molar-refractivity contribution in [2.45, 2.75) is 13.3 Å². The highest BCUT2D eigenvalue weighted by Gasteiger charge is 2.15. The molecule has 0 saturated carbocycles. The van der Waals surface area contributed by atoms with Crippen LogP contribution in [0.3, 0.4) is 0 Å². The van der Waals surface area contributed by atoms with Gasteiger partial charge in [-0.2, -0.15) is 0 Å². The molecular formula is C15H13ClFNO. The number of benzene rings is 2. The van der Waals surface area contributed by atoms with Crippen molar-refractivity contribution in [3.05, 3.63) is 63.9 Å². The second-order valence-corrected chi connectivity index (χ2v) is 4.73. The van der Waals surface area contributed by atoms with Gasteiger partial charge in [0, 0.05) is 28.3 Å². The van der Waals surface area contributed by atoms with Crippen LogP contribution in [-0.2, 0) is 6.42 Å². The van der Waals surface area contributed by atoms with E-state index in [0.29, 0.717) is 16.8 Å². The smallest absolute Gasteiger partial charge is 0.167 e. The minimum atomic E-state index is -0.470. The van der Waals surface area contributed by atoms with Crippen molar-refractivity contribution in [2.75, 3.05) is 5.73 Å². The van der Waals surface area contributed by atoms with Gasteiger partial charge in [-0.3, -0.25) is 4.79 Å². The van der Waals surface area contributed by atoms with Crippen LogP contribution in [0.25, 0.3) is 0 Å². The van der Waals surface area contributed by atoms with Crippen LogP contribution in [-0.4, -0.2) is 5.78 Å². The largest absolute Gasteiger partial charge is 0.398 e. The van der Waals surface area contributed by atoms with E-state index in [1.807, 2.05) is 0 Å². The van der Waals surface area contributed by atoms with Crippen LogP contribution in [0.2, 0.25) is 5.02 Å². The molecule has 0 atom stereocenters. The SMILES string of the molecule is Cc1c(N)cccc1C(=O)Cc1c(F)cccc1Cl. The van der Waals surface area contributed by atoms with Crippen LogP contribution in [0.15, 0.2) is 36.4 Å². The van der Waals surface area contributed by atoms with E-state index in [1.165, 1.54) is 12.1 Å². The van der Waals surface area contributed by atoms with E-state index >= 15 is 0 Å². The Labute approximate surface area is 116 Å². The molecule has 2 N–H and O–H groups in total. The fourth-order valence-electron chi connectivity index (χ4n) is 1.91. The van der Waals surface area contributed by atoms with Gasteiger partial charge in [-0.25, -0.2) is 4.39 Å². The van der Waals surface area contributed by atoms with E-state index in [2.05, 4.69) is 0 Å². The predicted octanol–water partition coefficient (Wildman–Crippen LogP) is 3.80. The summed E-state index contributed by atoms with van der Waals surface area (Å²) < 4.78 is 13.6. The molecule has 0 spiro atoms. The van der Waals surface area contributed by atoms with Gasteiger partial charge < -0.3 is 5.73 Å². The fraction of sp³-hybridized carbons (Fsp3) is 0.133. The zero-order valence-electron chi connectivity index (χ0n) is 10.4. The van der Waals surface area contributed by atoms with Gasteiger partial charge in [0.05, 0.1) is 0 Å². The molecule has 2 rings (SSSR count). The van der Waals surface area contributed by atoms with Crippen molar-refractivity contribution < 1.29 is 9.18 Å². The van der Waals surface area contributed by atoms with Gasteiger partial charge in [-0.1, -0.05) is 29.8 Å². The number of hydrogen-bond donors (Lipinski definition) is 1. The molecule has 0 aliphatic rings. The Morgan fingerprint density at radius 1 is 1.26 bits per heavy atom. The zero-order valence-corrected chi connectivity index (χ0v) is 11.2. The van der Waals surface area contributed by atoms with Crippen LogP contribution in [0.1, 0.15) is 21.5 Å². The number of hydrogen-bond acceptors (Lipinski definition) is 2. The molecule has 0 bridgehead atoms. The molecule has 2 aromatic rings. The molecule has 0 amide bonds. The number of carbonyl (C=O) groups is 1. The first kappa shape index (κ1) is 13.6. The second-order valence-electron chi connectivity index (χ2n) is 4.32. The lowest BCUT2D eigenvalue weighted by atomic mass is 9.98. The molecule has 0 fully saturated rings. The third-order valence-electron chi connectivity index (χ3n) is 3.08.